The zero-order valence-corrected chi connectivity index (χ0v) is 15.5. The molecule has 23 heavy (non-hydrogen) atoms. The topological polar surface area (TPSA) is 59.1 Å². The van der Waals surface area contributed by atoms with E-state index in [1.807, 2.05) is 41.5 Å². The first-order chi connectivity index (χ1) is 10.4. The van der Waals surface area contributed by atoms with E-state index in [1.54, 1.807) is 0 Å². The van der Waals surface area contributed by atoms with Crippen molar-refractivity contribution in [2.45, 2.75) is 59.2 Å². The van der Waals surface area contributed by atoms with Gasteiger partial charge in [-0.2, -0.15) is 0 Å². The van der Waals surface area contributed by atoms with Crippen molar-refractivity contribution in [2.75, 3.05) is 39.3 Å². The molecule has 0 bridgehead atoms. The van der Waals surface area contributed by atoms with Gasteiger partial charge in [0.1, 0.15) is 11.2 Å². The number of ether oxygens (including phenoxy) is 2. The maximum atomic E-state index is 11.9. The van der Waals surface area contributed by atoms with Crippen molar-refractivity contribution in [3.63, 3.8) is 0 Å². The van der Waals surface area contributed by atoms with Crippen LogP contribution < -0.4 is 0 Å². The van der Waals surface area contributed by atoms with E-state index < -0.39 is 11.2 Å². The Labute approximate surface area is 140 Å². The predicted molar refractivity (Wildman–Crippen MR) is 89.2 cm³/mol. The molecule has 1 saturated heterocycles. The van der Waals surface area contributed by atoms with E-state index >= 15 is 0 Å². The summed E-state index contributed by atoms with van der Waals surface area (Å²) >= 11 is 0. The molecular formula is C17H32N2O4. The fraction of sp³-hybridized carbons (Fsp3) is 0.882. The molecule has 1 aliphatic rings. The van der Waals surface area contributed by atoms with E-state index in [1.165, 1.54) is 0 Å². The molecule has 1 heterocycles. The normalized spacial score (nSPS) is 18.3. The Morgan fingerprint density at radius 2 is 1.09 bits per heavy atom. The predicted octanol–water partition coefficient (Wildman–Crippen LogP) is 1.68. The summed E-state index contributed by atoms with van der Waals surface area (Å²) in [6, 6.07) is 0. The molecule has 1 aliphatic heterocycles. The summed E-state index contributed by atoms with van der Waals surface area (Å²) in [6.45, 7) is 15.0. The van der Waals surface area contributed by atoms with Gasteiger partial charge in [-0.3, -0.25) is 19.4 Å². The zero-order valence-electron chi connectivity index (χ0n) is 15.5. The van der Waals surface area contributed by atoms with Crippen molar-refractivity contribution in [1.82, 2.24) is 9.80 Å². The second-order valence-electron chi connectivity index (χ2n) is 8.08. The van der Waals surface area contributed by atoms with Gasteiger partial charge in [-0.15, -0.1) is 0 Å². The zero-order chi connectivity index (χ0) is 17.7. The van der Waals surface area contributed by atoms with Crippen LogP contribution in [0.4, 0.5) is 0 Å². The summed E-state index contributed by atoms with van der Waals surface area (Å²) in [6.07, 6.45) is 0.922. The lowest BCUT2D eigenvalue weighted by molar-refractivity contribution is -0.157. The third kappa shape index (κ3) is 9.56. The maximum absolute atomic E-state index is 11.9. The summed E-state index contributed by atoms with van der Waals surface area (Å²) in [5.41, 5.74) is -0.905. The highest BCUT2D eigenvalue weighted by Gasteiger charge is 2.23. The molecule has 0 aromatic rings. The van der Waals surface area contributed by atoms with Gasteiger partial charge in [0, 0.05) is 26.2 Å². The number of rotatable bonds is 4. The van der Waals surface area contributed by atoms with Crippen LogP contribution in [0.3, 0.4) is 0 Å². The number of esters is 2. The van der Waals surface area contributed by atoms with Crippen LogP contribution in [-0.4, -0.2) is 72.2 Å². The number of carbonyl (C=O) groups excluding carboxylic acids is 2. The smallest absolute Gasteiger partial charge is 0.320 e. The van der Waals surface area contributed by atoms with E-state index in [9.17, 15) is 9.59 Å². The molecule has 0 saturated carbocycles. The molecule has 0 aromatic heterocycles. The van der Waals surface area contributed by atoms with Gasteiger partial charge in [0.25, 0.3) is 0 Å². The highest BCUT2D eigenvalue weighted by molar-refractivity contribution is 5.72. The maximum Gasteiger partial charge on any atom is 0.320 e. The third-order valence-electron chi connectivity index (χ3n) is 3.23. The fourth-order valence-corrected chi connectivity index (χ4v) is 2.45. The third-order valence-corrected chi connectivity index (χ3v) is 3.23. The van der Waals surface area contributed by atoms with E-state index in [0.29, 0.717) is 13.1 Å². The summed E-state index contributed by atoms with van der Waals surface area (Å²) in [5.74, 6) is -0.392. The minimum absolute atomic E-state index is 0.196. The summed E-state index contributed by atoms with van der Waals surface area (Å²) in [7, 11) is 0. The molecule has 0 spiro atoms. The average molecular weight is 328 g/mol. The van der Waals surface area contributed by atoms with Gasteiger partial charge in [0.05, 0.1) is 13.1 Å². The SMILES string of the molecule is CC(C)(C)OC(=O)CN1CCCN(CC(=O)OC(C)(C)C)CC1. The van der Waals surface area contributed by atoms with Crippen LogP contribution in [0.25, 0.3) is 0 Å². The van der Waals surface area contributed by atoms with Crippen molar-refractivity contribution >= 4 is 11.9 Å². The number of hydrogen-bond acceptors (Lipinski definition) is 6. The lowest BCUT2D eigenvalue weighted by Gasteiger charge is -2.25. The lowest BCUT2D eigenvalue weighted by Crippen LogP contribution is -2.39. The highest BCUT2D eigenvalue weighted by atomic mass is 16.6. The Morgan fingerprint density at radius 3 is 1.39 bits per heavy atom. The van der Waals surface area contributed by atoms with Crippen LogP contribution in [0.1, 0.15) is 48.0 Å². The molecule has 0 unspecified atom stereocenters. The van der Waals surface area contributed by atoms with Crippen LogP contribution in [-0.2, 0) is 19.1 Å². The summed E-state index contributed by atoms with van der Waals surface area (Å²) in [4.78, 5) is 28.0. The molecule has 6 nitrogen and oxygen atoms in total. The van der Waals surface area contributed by atoms with E-state index in [4.69, 9.17) is 9.47 Å². The standard InChI is InChI=1S/C17H32N2O4/c1-16(2,3)22-14(20)12-18-8-7-9-19(11-10-18)13-15(21)23-17(4,5)6/h7-13H2,1-6H3. The van der Waals surface area contributed by atoms with Gasteiger partial charge in [0.2, 0.25) is 0 Å². The van der Waals surface area contributed by atoms with Crippen molar-refractivity contribution in [1.29, 1.82) is 0 Å². The monoisotopic (exact) mass is 328 g/mol. The summed E-state index contributed by atoms with van der Waals surface area (Å²) in [5, 5.41) is 0. The molecule has 0 radical (unpaired) electrons. The van der Waals surface area contributed by atoms with Gasteiger partial charge in [-0.1, -0.05) is 0 Å². The largest absolute Gasteiger partial charge is 0.459 e. The van der Waals surface area contributed by atoms with Crippen molar-refractivity contribution in [3.05, 3.63) is 0 Å². The molecule has 0 N–H and O–H groups in total. The Hall–Kier alpha value is -1.14. The van der Waals surface area contributed by atoms with Gasteiger partial charge in [-0.25, -0.2) is 0 Å². The molecule has 0 aliphatic carbocycles. The quantitative estimate of drug-likeness (QED) is 0.732. The number of carbonyl (C=O) groups is 2. The average Bonchev–Trinajstić information content (AvgIpc) is 2.49. The number of hydrogen-bond donors (Lipinski definition) is 0. The molecule has 0 atom stereocenters. The van der Waals surface area contributed by atoms with Crippen LogP contribution in [0, 0.1) is 0 Å². The molecule has 134 valence electrons. The highest BCUT2D eigenvalue weighted by Crippen LogP contribution is 2.10. The molecule has 6 heteroatoms. The Balaban J connectivity index is 2.39. The van der Waals surface area contributed by atoms with Crippen molar-refractivity contribution in [3.8, 4) is 0 Å². The van der Waals surface area contributed by atoms with Gasteiger partial charge in [0.15, 0.2) is 0 Å². The first-order valence-electron chi connectivity index (χ1n) is 8.33. The lowest BCUT2D eigenvalue weighted by atomic mass is 10.2. The van der Waals surface area contributed by atoms with Gasteiger partial charge in [-0.05, 0) is 48.0 Å². The number of nitrogens with zero attached hydrogens (tertiary/aromatic N) is 2. The van der Waals surface area contributed by atoms with Crippen LogP contribution >= 0.6 is 0 Å². The van der Waals surface area contributed by atoms with Gasteiger partial charge >= 0.3 is 11.9 Å². The Morgan fingerprint density at radius 1 is 0.739 bits per heavy atom. The summed E-state index contributed by atoms with van der Waals surface area (Å²) < 4.78 is 10.7. The Kier molecular flexibility index (Phi) is 7.02. The van der Waals surface area contributed by atoms with Crippen molar-refractivity contribution < 1.29 is 19.1 Å². The first kappa shape index (κ1) is 19.9. The molecule has 0 aromatic carbocycles. The fourth-order valence-electron chi connectivity index (χ4n) is 2.45. The van der Waals surface area contributed by atoms with Crippen LogP contribution in [0.15, 0.2) is 0 Å². The van der Waals surface area contributed by atoms with Crippen molar-refractivity contribution in [2.24, 2.45) is 0 Å². The molecule has 0 amide bonds. The molecule has 1 fully saturated rings. The molecule has 1 rings (SSSR count). The van der Waals surface area contributed by atoms with E-state index in [-0.39, 0.29) is 11.9 Å². The van der Waals surface area contributed by atoms with Crippen LogP contribution in [0.5, 0.6) is 0 Å². The van der Waals surface area contributed by atoms with E-state index in [0.717, 1.165) is 32.6 Å². The molecular weight excluding hydrogens is 296 g/mol. The van der Waals surface area contributed by atoms with Gasteiger partial charge < -0.3 is 9.47 Å². The minimum atomic E-state index is -0.453. The van der Waals surface area contributed by atoms with E-state index in [2.05, 4.69) is 9.80 Å². The Bertz CT molecular complexity index is 372. The van der Waals surface area contributed by atoms with Crippen LogP contribution in [0.2, 0.25) is 0 Å². The second-order valence-corrected chi connectivity index (χ2v) is 8.08. The first-order valence-corrected chi connectivity index (χ1v) is 8.33. The minimum Gasteiger partial charge on any atom is -0.459 e. The second kappa shape index (κ2) is 8.11.